The first-order chi connectivity index (χ1) is 14.8. The van der Waals surface area contributed by atoms with Crippen LogP contribution in [0.5, 0.6) is 0 Å². The lowest BCUT2D eigenvalue weighted by molar-refractivity contribution is 0.0525. The number of amides is 1. The molecule has 1 aromatic carbocycles. The third-order valence-electron chi connectivity index (χ3n) is 6.13. The van der Waals surface area contributed by atoms with E-state index in [0.29, 0.717) is 23.6 Å². The molecule has 0 bridgehead atoms. The molecule has 0 radical (unpaired) electrons. The van der Waals surface area contributed by atoms with Gasteiger partial charge in [-0.15, -0.1) is 0 Å². The van der Waals surface area contributed by atoms with E-state index < -0.39 is 8.07 Å². The number of benzene rings is 1. The highest BCUT2D eigenvalue weighted by molar-refractivity contribution is 6.76. The highest BCUT2D eigenvalue weighted by Gasteiger charge is 2.40. The quantitative estimate of drug-likeness (QED) is 0.456. The molecule has 6 nitrogen and oxygen atoms in total. The van der Waals surface area contributed by atoms with Crippen LogP contribution in [-0.4, -0.2) is 36.5 Å². The summed E-state index contributed by atoms with van der Waals surface area (Å²) in [6.07, 6.45) is 3.60. The van der Waals surface area contributed by atoms with E-state index in [2.05, 4.69) is 57.6 Å². The zero-order chi connectivity index (χ0) is 23.7. The van der Waals surface area contributed by atoms with Crippen LogP contribution in [0.4, 0.5) is 5.69 Å². The monoisotopic (exact) mass is 453 g/mol. The van der Waals surface area contributed by atoms with Crippen molar-refractivity contribution in [1.82, 2.24) is 9.97 Å². The Hall–Kier alpha value is -2.54. The predicted molar refractivity (Wildman–Crippen MR) is 130 cm³/mol. The molecule has 0 saturated carbocycles. The van der Waals surface area contributed by atoms with Gasteiger partial charge >= 0.3 is 5.97 Å². The second-order valence-corrected chi connectivity index (χ2v) is 16.8. The Kier molecular flexibility index (Phi) is 6.61. The van der Waals surface area contributed by atoms with Gasteiger partial charge in [-0.3, -0.25) is 9.78 Å². The van der Waals surface area contributed by atoms with E-state index in [-0.39, 0.29) is 22.7 Å². The Labute approximate surface area is 192 Å². The molecule has 0 spiro atoms. The van der Waals surface area contributed by atoms with Crippen LogP contribution in [0.1, 0.15) is 72.8 Å². The highest BCUT2D eigenvalue weighted by Crippen LogP contribution is 2.43. The van der Waals surface area contributed by atoms with Crippen molar-refractivity contribution in [2.45, 2.75) is 77.1 Å². The molecule has 1 amide bonds. The number of nitrogens with zero attached hydrogens (tertiary/aromatic N) is 2. The summed E-state index contributed by atoms with van der Waals surface area (Å²) in [7, 11) is -1.25. The van der Waals surface area contributed by atoms with E-state index in [1.165, 1.54) is 0 Å². The Balaban J connectivity index is 1.68. The third-order valence-corrected chi connectivity index (χ3v) is 7.83. The van der Waals surface area contributed by atoms with Crippen molar-refractivity contribution in [3.05, 3.63) is 53.1 Å². The number of nitrogens with one attached hydrogen (secondary N) is 1. The highest BCUT2D eigenvalue weighted by atomic mass is 28.3. The molecule has 2 aromatic rings. The number of aromatic nitrogens is 2. The summed E-state index contributed by atoms with van der Waals surface area (Å²) in [5, 5.41) is 2.85. The van der Waals surface area contributed by atoms with Gasteiger partial charge in [-0.05, 0) is 43.2 Å². The van der Waals surface area contributed by atoms with E-state index >= 15 is 0 Å². The van der Waals surface area contributed by atoms with E-state index in [1.807, 2.05) is 0 Å². The lowest BCUT2D eigenvalue weighted by atomic mass is 9.67. The molecule has 3 rings (SSSR count). The summed E-state index contributed by atoms with van der Waals surface area (Å²) in [4.78, 5) is 34.4. The van der Waals surface area contributed by atoms with Gasteiger partial charge in [0.1, 0.15) is 5.69 Å². The Morgan fingerprint density at radius 2 is 1.59 bits per heavy atom. The first kappa shape index (κ1) is 24.1. The number of fused-ring (bicyclic) bond motifs is 1. The molecule has 1 heterocycles. The van der Waals surface area contributed by atoms with Crippen molar-refractivity contribution in [1.29, 1.82) is 0 Å². The lowest BCUT2D eigenvalue weighted by Crippen LogP contribution is -2.36. The van der Waals surface area contributed by atoms with Crippen LogP contribution >= 0.6 is 0 Å². The molecular formula is C25H35N3O3Si. The van der Waals surface area contributed by atoms with Crippen LogP contribution in [-0.2, 0) is 15.6 Å². The van der Waals surface area contributed by atoms with Gasteiger partial charge in [0.05, 0.1) is 29.8 Å². The smallest absolute Gasteiger partial charge is 0.338 e. The fraction of sp³-hybridized carbons (Fsp3) is 0.520. The van der Waals surface area contributed by atoms with Crippen molar-refractivity contribution in [2.24, 2.45) is 0 Å². The van der Waals surface area contributed by atoms with Gasteiger partial charge in [0.25, 0.3) is 5.91 Å². The topological polar surface area (TPSA) is 81.2 Å². The number of hydrogen-bond acceptors (Lipinski definition) is 5. The molecule has 0 fully saturated rings. The van der Waals surface area contributed by atoms with Gasteiger partial charge < -0.3 is 10.1 Å². The summed E-state index contributed by atoms with van der Waals surface area (Å²) < 4.78 is 5.37. The van der Waals surface area contributed by atoms with E-state index in [9.17, 15) is 9.59 Å². The molecule has 0 atom stereocenters. The van der Waals surface area contributed by atoms with Gasteiger partial charge in [0.15, 0.2) is 0 Å². The van der Waals surface area contributed by atoms with Gasteiger partial charge in [-0.2, -0.15) is 0 Å². The van der Waals surface area contributed by atoms with E-state index in [1.54, 1.807) is 30.5 Å². The van der Waals surface area contributed by atoms with Crippen molar-refractivity contribution >= 4 is 25.6 Å². The molecule has 1 N–H and O–H groups in total. The normalized spacial score (nSPS) is 16.7. The SMILES string of the molecule is CC1(C)CCC(C)(C)c2nc(C(=O)Nc3ccc(C(=O)OCC[Si](C)(C)C)cc3)cnc21. The molecule has 0 aliphatic heterocycles. The maximum Gasteiger partial charge on any atom is 0.338 e. The molecule has 172 valence electrons. The summed E-state index contributed by atoms with van der Waals surface area (Å²) in [6, 6.07) is 7.66. The number of rotatable bonds is 6. The maximum absolute atomic E-state index is 12.8. The zero-order valence-corrected chi connectivity index (χ0v) is 21.3. The van der Waals surface area contributed by atoms with Gasteiger partial charge in [0, 0.05) is 24.6 Å². The van der Waals surface area contributed by atoms with Crippen LogP contribution in [0, 0.1) is 0 Å². The Morgan fingerprint density at radius 1 is 1.00 bits per heavy atom. The number of esters is 1. The molecule has 7 heteroatoms. The number of hydrogen-bond donors (Lipinski definition) is 1. The molecule has 1 aromatic heterocycles. The largest absolute Gasteiger partial charge is 0.462 e. The molecule has 1 aliphatic rings. The molecule has 1 aliphatic carbocycles. The first-order valence-corrected chi connectivity index (χ1v) is 15.0. The molecule has 0 saturated heterocycles. The van der Waals surface area contributed by atoms with Crippen LogP contribution in [0.25, 0.3) is 0 Å². The lowest BCUT2D eigenvalue weighted by Gasteiger charge is -2.39. The van der Waals surface area contributed by atoms with Crippen LogP contribution in [0.2, 0.25) is 25.7 Å². The summed E-state index contributed by atoms with van der Waals surface area (Å²) in [5.74, 6) is -0.656. The fourth-order valence-electron chi connectivity index (χ4n) is 3.75. The molecule has 32 heavy (non-hydrogen) atoms. The minimum atomic E-state index is -1.25. The van der Waals surface area contributed by atoms with E-state index in [0.717, 1.165) is 30.3 Å². The van der Waals surface area contributed by atoms with Crippen LogP contribution in [0.15, 0.2) is 30.5 Å². The second kappa shape index (κ2) is 8.77. The number of carbonyl (C=O) groups is 2. The predicted octanol–water partition coefficient (Wildman–Crippen LogP) is 5.57. The number of carbonyl (C=O) groups excluding carboxylic acids is 2. The number of ether oxygens (including phenoxy) is 1. The van der Waals surface area contributed by atoms with E-state index in [4.69, 9.17) is 9.72 Å². The van der Waals surface area contributed by atoms with Gasteiger partial charge in [0.2, 0.25) is 0 Å². The van der Waals surface area contributed by atoms with Crippen LogP contribution < -0.4 is 5.32 Å². The molecular weight excluding hydrogens is 418 g/mol. The first-order valence-electron chi connectivity index (χ1n) is 11.3. The number of anilines is 1. The van der Waals surface area contributed by atoms with Crippen molar-refractivity contribution in [3.63, 3.8) is 0 Å². The zero-order valence-electron chi connectivity index (χ0n) is 20.3. The maximum atomic E-state index is 12.8. The van der Waals surface area contributed by atoms with Crippen molar-refractivity contribution in [3.8, 4) is 0 Å². The summed E-state index contributed by atoms with van der Waals surface area (Å²) in [6.45, 7) is 15.8. The van der Waals surface area contributed by atoms with Gasteiger partial charge in [-0.1, -0.05) is 47.3 Å². The summed E-state index contributed by atoms with van der Waals surface area (Å²) in [5.41, 5.74) is 3.06. The van der Waals surface area contributed by atoms with Crippen LogP contribution in [0.3, 0.4) is 0 Å². The van der Waals surface area contributed by atoms with Crippen molar-refractivity contribution < 1.29 is 14.3 Å². The average molecular weight is 454 g/mol. The average Bonchev–Trinajstić information content (AvgIpc) is 2.71. The Bertz CT molecular complexity index is 1010. The van der Waals surface area contributed by atoms with Crippen molar-refractivity contribution in [2.75, 3.05) is 11.9 Å². The fourth-order valence-corrected chi connectivity index (χ4v) is 4.46. The molecule has 0 unspecified atom stereocenters. The van der Waals surface area contributed by atoms with Gasteiger partial charge in [-0.25, -0.2) is 9.78 Å². The Morgan fingerprint density at radius 3 is 2.19 bits per heavy atom. The standard InChI is InChI=1S/C25H35N3O3Si/c1-24(2)12-13-25(3,4)21-20(24)26-16-19(28-21)22(29)27-18-10-8-17(9-11-18)23(30)31-14-15-32(5,6)7/h8-11,16H,12-15H2,1-7H3,(H,27,29). The second-order valence-electron chi connectivity index (χ2n) is 11.2. The third kappa shape index (κ3) is 5.62. The minimum absolute atomic E-state index is 0.0492. The summed E-state index contributed by atoms with van der Waals surface area (Å²) >= 11 is 0. The minimum Gasteiger partial charge on any atom is -0.462 e.